The number of aldehydes is 1. The molecule has 0 amide bonds. The zero-order chi connectivity index (χ0) is 10.6. The third-order valence-corrected chi connectivity index (χ3v) is 1.98. The van der Waals surface area contributed by atoms with Gasteiger partial charge in [0.25, 0.3) is 0 Å². The van der Waals surface area contributed by atoms with Crippen molar-refractivity contribution in [3.8, 4) is 5.75 Å². The molecule has 1 heterocycles. The monoisotopic (exact) mass is 195 g/mol. The molecular formula is C10H13NO3. The van der Waals surface area contributed by atoms with Crippen molar-refractivity contribution < 1.29 is 14.6 Å². The predicted octanol–water partition coefficient (Wildman–Crippen LogP) is 0.887. The average Bonchev–Trinajstić information content (AvgIpc) is 2.18. The highest BCUT2D eigenvalue weighted by molar-refractivity contribution is 5.52. The number of carbonyl (C=O) groups excluding carboxylic acids is 1. The molecule has 0 saturated heterocycles. The fourth-order valence-corrected chi connectivity index (χ4v) is 1.22. The molecule has 4 heteroatoms. The highest BCUT2D eigenvalue weighted by atomic mass is 16.5. The lowest BCUT2D eigenvalue weighted by Crippen LogP contribution is -2.23. The van der Waals surface area contributed by atoms with E-state index in [1.165, 1.54) is 14.0 Å². The molecule has 0 spiro atoms. The van der Waals surface area contributed by atoms with Gasteiger partial charge in [-0.2, -0.15) is 0 Å². The van der Waals surface area contributed by atoms with Crippen LogP contribution in [-0.2, 0) is 10.4 Å². The molecule has 14 heavy (non-hydrogen) atoms. The Hall–Kier alpha value is -1.42. The minimum absolute atomic E-state index is 0.000370. The maximum absolute atomic E-state index is 10.4. The minimum Gasteiger partial charge on any atom is -0.495 e. The largest absolute Gasteiger partial charge is 0.495 e. The van der Waals surface area contributed by atoms with Gasteiger partial charge in [0.15, 0.2) is 0 Å². The van der Waals surface area contributed by atoms with Gasteiger partial charge in [-0.1, -0.05) is 0 Å². The van der Waals surface area contributed by atoms with Crippen molar-refractivity contribution >= 4 is 6.29 Å². The molecule has 1 atom stereocenters. The molecule has 1 aromatic heterocycles. The van der Waals surface area contributed by atoms with Crippen LogP contribution in [0.15, 0.2) is 18.3 Å². The standard InChI is InChI=1S/C10H13NO3/c1-10(13,5-7-12)9-8(14-2)4-3-6-11-9/h3-4,6-7,13H,5H2,1-2H3. The highest BCUT2D eigenvalue weighted by Crippen LogP contribution is 2.29. The van der Waals surface area contributed by atoms with Crippen LogP contribution in [0.4, 0.5) is 0 Å². The third-order valence-electron chi connectivity index (χ3n) is 1.98. The number of hydrogen-bond acceptors (Lipinski definition) is 4. The Labute approximate surface area is 82.5 Å². The molecule has 0 radical (unpaired) electrons. The SMILES string of the molecule is COc1cccnc1C(C)(O)CC=O. The summed E-state index contributed by atoms with van der Waals surface area (Å²) in [5, 5.41) is 9.92. The smallest absolute Gasteiger partial charge is 0.143 e. The predicted molar refractivity (Wildman–Crippen MR) is 51.0 cm³/mol. The van der Waals surface area contributed by atoms with Crippen LogP contribution in [-0.4, -0.2) is 23.5 Å². The molecule has 76 valence electrons. The summed E-state index contributed by atoms with van der Waals surface area (Å²) in [5.41, 5.74) is -0.886. The van der Waals surface area contributed by atoms with Gasteiger partial charge in [0.2, 0.25) is 0 Å². The maximum atomic E-state index is 10.4. The molecule has 1 N–H and O–H groups in total. The van der Waals surface area contributed by atoms with Crippen LogP contribution in [0.1, 0.15) is 19.0 Å². The Morgan fingerprint density at radius 1 is 1.71 bits per heavy atom. The lowest BCUT2D eigenvalue weighted by molar-refractivity contribution is -0.112. The first-order chi connectivity index (χ1) is 6.61. The Balaban J connectivity index is 3.09. The first-order valence-corrected chi connectivity index (χ1v) is 4.27. The zero-order valence-electron chi connectivity index (χ0n) is 8.23. The topological polar surface area (TPSA) is 59.4 Å². The molecule has 0 saturated carbocycles. The van der Waals surface area contributed by atoms with E-state index in [-0.39, 0.29) is 6.42 Å². The van der Waals surface area contributed by atoms with Gasteiger partial charge in [-0.25, -0.2) is 0 Å². The van der Waals surface area contributed by atoms with Gasteiger partial charge in [0.05, 0.1) is 7.11 Å². The van der Waals surface area contributed by atoms with Crippen LogP contribution in [0.3, 0.4) is 0 Å². The summed E-state index contributed by atoms with van der Waals surface area (Å²) in [6.07, 6.45) is 2.21. The number of pyridine rings is 1. The van der Waals surface area contributed by atoms with Crippen molar-refractivity contribution in [3.05, 3.63) is 24.0 Å². The van der Waals surface area contributed by atoms with E-state index in [1.807, 2.05) is 0 Å². The first kappa shape index (κ1) is 10.7. The van der Waals surface area contributed by atoms with Crippen LogP contribution in [0.2, 0.25) is 0 Å². The van der Waals surface area contributed by atoms with E-state index in [1.54, 1.807) is 18.3 Å². The van der Waals surface area contributed by atoms with E-state index in [0.29, 0.717) is 17.7 Å². The molecule has 1 unspecified atom stereocenters. The fourth-order valence-electron chi connectivity index (χ4n) is 1.22. The quantitative estimate of drug-likeness (QED) is 0.725. The number of aromatic nitrogens is 1. The van der Waals surface area contributed by atoms with Crippen molar-refractivity contribution in [2.45, 2.75) is 18.9 Å². The van der Waals surface area contributed by atoms with Crippen LogP contribution >= 0.6 is 0 Å². The summed E-state index contributed by atoms with van der Waals surface area (Å²) in [6.45, 7) is 1.53. The molecule has 1 rings (SSSR count). The van der Waals surface area contributed by atoms with Gasteiger partial charge in [-0.15, -0.1) is 0 Å². The molecule has 0 fully saturated rings. The van der Waals surface area contributed by atoms with Crippen molar-refractivity contribution in [1.29, 1.82) is 0 Å². The second-order valence-electron chi connectivity index (χ2n) is 3.20. The maximum Gasteiger partial charge on any atom is 0.143 e. The van der Waals surface area contributed by atoms with Crippen molar-refractivity contribution in [3.63, 3.8) is 0 Å². The summed E-state index contributed by atoms with van der Waals surface area (Å²) in [7, 11) is 1.50. The number of aliphatic hydroxyl groups is 1. The molecule has 1 aromatic rings. The second-order valence-corrected chi connectivity index (χ2v) is 3.20. The number of carbonyl (C=O) groups is 1. The van der Waals surface area contributed by atoms with Gasteiger partial charge >= 0.3 is 0 Å². The molecule has 4 nitrogen and oxygen atoms in total. The summed E-state index contributed by atoms with van der Waals surface area (Å²) < 4.78 is 5.04. The second kappa shape index (κ2) is 4.19. The van der Waals surface area contributed by atoms with Crippen molar-refractivity contribution in [1.82, 2.24) is 4.98 Å². The minimum atomic E-state index is -1.27. The highest BCUT2D eigenvalue weighted by Gasteiger charge is 2.27. The van der Waals surface area contributed by atoms with E-state index in [0.717, 1.165) is 0 Å². The van der Waals surface area contributed by atoms with Gasteiger partial charge in [-0.3, -0.25) is 4.98 Å². The molecule has 0 bridgehead atoms. The van der Waals surface area contributed by atoms with Crippen LogP contribution < -0.4 is 4.74 Å². The van der Waals surface area contributed by atoms with Crippen molar-refractivity contribution in [2.75, 3.05) is 7.11 Å². The number of ether oxygens (including phenoxy) is 1. The zero-order valence-corrected chi connectivity index (χ0v) is 8.23. The Morgan fingerprint density at radius 2 is 2.43 bits per heavy atom. The van der Waals surface area contributed by atoms with E-state index >= 15 is 0 Å². The van der Waals surface area contributed by atoms with E-state index in [9.17, 15) is 9.90 Å². The molecule has 0 aliphatic heterocycles. The Bertz CT molecular complexity index is 323. The van der Waals surface area contributed by atoms with E-state index in [2.05, 4.69) is 4.98 Å². The molecule has 0 aliphatic carbocycles. The van der Waals surface area contributed by atoms with Gasteiger partial charge < -0.3 is 14.6 Å². The summed E-state index contributed by atoms with van der Waals surface area (Å²) in [4.78, 5) is 14.4. The first-order valence-electron chi connectivity index (χ1n) is 4.27. The van der Waals surface area contributed by atoms with Crippen molar-refractivity contribution in [2.24, 2.45) is 0 Å². The summed E-state index contributed by atoms with van der Waals surface area (Å²) >= 11 is 0. The third kappa shape index (κ3) is 2.09. The molecule has 0 aromatic carbocycles. The summed E-state index contributed by atoms with van der Waals surface area (Å²) in [6, 6.07) is 3.40. The Kier molecular flexibility index (Phi) is 3.19. The number of rotatable bonds is 4. The van der Waals surface area contributed by atoms with Gasteiger partial charge in [0.1, 0.15) is 23.3 Å². The normalized spacial score (nSPS) is 14.5. The van der Waals surface area contributed by atoms with Crippen LogP contribution in [0, 0.1) is 0 Å². The van der Waals surface area contributed by atoms with Gasteiger partial charge in [0, 0.05) is 12.6 Å². The van der Waals surface area contributed by atoms with Crippen LogP contribution in [0.5, 0.6) is 5.75 Å². The lowest BCUT2D eigenvalue weighted by Gasteiger charge is -2.21. The van der Waals surface area contributed by atoms with E-state index < -0.39 is 5.60 Å². The molecule has 0 aliphatic rings. The average molecular weight is 195 g/mol. The number of hydrogen-bond donors (Lipinski definition) is 1. The fraction of sp³-hybridized carbons (Fsp3) is 0.400. The Morgan fingerprint density at radius 3 is 3.00 bits per heavy atom. The van der Waals surface area contributed by atoms with Crippen LogP contribution in [0.25, 0.3) is 0 Å². The molecular weight excluding hydrogens is 182 g/mol. The summed E-state index contributed by atoms with van der Waals surface area (Å²) in [5.74, 6) is 0.486. The number of nitrogens with zero attached hydrogens (tertiary/aromatic N) is 1. The number of methoxy groups -OCH3 is 1. The van der Waals surface area contributed by atoms with E-state index in [4.69, 9.17) is 4.74 Å². The lowest BCUT2D eigenvalue weighted by atomic mass is 9.97. The van der Waals surface area contributed by atoms with Gasteiger partial charge in [-0.05, 0) is 19.1 Å².